The van der Waals surface area contributed by atoms with E-state index in [9.17, 15) is 9.59 Å². The number of methoxy groups -OCH3 is 2. The third kappa shape index (κ3) is 3.44. The van der Waals surface area contributed by atoms with Gasteiger partial charge in [-0.25, -0.2) is 9.59 Å². The van der Waals surface area contributed by atoms with Crippen LogP contribution < -0.4 is 0 Å². The highest BCUT2D eigenvalue weighted by atomic mass is 16.5. The quantitative estimate of drug-likeness (QED) is 0.412. The van der Waals surface area contributed by atoms with Crippen molar-refractivity contribution >= 4 is 22.7 Å². The van der Waals surface area contributed by atoms with Gasteiger partial charge in [0.2, 0.25) is 0 Å². The maximum absolute atomic E-state index is 13.0. The van der Waals surface area contributed by atoms with Crippen LogP contribution in [0.3, 0.4) is 0 Å². The number of carbonyl (C=O) groups is 2. The number of benzene rings is 4. The van der Waals surface area contributed by atoms with Crippen molar-refractivity contribution < 1.29 is 19.1 Å². The fraction of sp³-hybridized carbons (Fsp3) is 0.0769. The molecule has 0 aliphatic heterocycles. The highest BCUT2D eigenvalue weighted by molar-refractivity contribution is 6.15. The third-order valence-electron chi connectivity index (χ3n) is 5.10. The molecule has 0 radical (unpaired) electrons. The maximum Gasteiger partial charge on any atom is 0.339 e. The Bertz CT molecular complexity index is 1230. The average Bonchev–Trinajstić information content (AvgIpc) is 2.82. The first-order valence-corrected chi connectivity index (χ1v) is 9.52. The van der Waals surface area contributed by atoms with Crippen molar-refractivity contribution in [3.8, 4) is 22.3 Å². The predicted molar refractivity (Wildman–Crippen MR) is 117 cm³/mol. The molecule has 0 saturated heterocycles. The van der Waals surface area contributed by atoms with Crippen molar-refractivity contribution in [1.29, 1.82) is 0 Å². The van der Waals surface area contributed by atoms with Gasteiger partial charge in [0, 0.05) is 5.56 Å². The Balaban J connectivity index is 2.15. The molecule has 148 valence electrons. The van der Waals surface area contributed by atoms with E-state index in [1.165, 1.54) is 14.2 Å². The summed E-state index contributed by atoms with van der Waals surface area (Å²) in [6.07, 6.45) is 0. The topological polar surface area (TPSA) is 52.6 Å². The van der Waals surface area contributed by atoms with Crippen LogP contribution >= 0.6 is 0 Å². The molecule has 4 aromatic rings. The van der Waals surface area contributed by atoms with Crippen LogP contribution in [0.5, 0.6) is 0 Å². The lowest BCUT2D eigenvalue weighted by molar-refractivity contribution is 0.0594. The molecule has 0 aliphatic carbocycles. The molecular formula is C26H20O4. The molecule has 4 nitrogen and oxygen atoms in total. The number of hydrogen-bond donors (Lipinski definition) is 0. The maximum atomic E-state index is 13.0. The highest BCUT2D eigenvalue weighted by Gasteiger charge is 2.23. The van der Waals surface area contributed by atoms with Crippen molar-refractivity contribution in [3.63, 3.8) is 0 Å². The number of ether oxygens (including phenoxy) is 2. The first-order chi connectivity index (χ1) is 14.6. The van der Waals surface area contributed by atoms with E-state index < -0.39 is 11.9 Å². The molecule has 0 fully saturated rings. The fourth-order valence-electron chi connectivity index (χ4n) is 3.72. The Morgan fingerprint density at radius 3 is 1.87 bits per heavy atom. The summed E-state index contributed by atoms with van der Waals surface area (Å²) in [5.74, 6) is -0.854. The van der Waals surface area contributed by atoms with E-state index in [0.29, 0.717) is 16.5 Å². The Morgan fingerprint density at radius 2 is 1.27 bits per heavy atom. The Morgan fingerprint density at radius 1 is 0.667 bits per heavy atom. The van der Waals surface area contributed by atoms with E-state index in [1.54, 1.807) is 18.2 Å². The van der Waals surface area contributed by atoms with Crippen LogP contribution in [0.1, 0.15) is 20.7 Å². The Kier molecular flexibility index (Phi) is 5.31. The van der Waals surface area contributed by atoms with Gasteiger partial charge in [0.25, 0.3) is 0 Å². The van der Waals surface area contributed by atoms with Crippen LogP contribution in [-0.2, 0) is 9.47 Å². The lowest BCUT2D eigenvalue weighted by Crippen LogP contribution is -2.07. The minimum atomic E-state index is -0.428. The predicted octanol–water partition coefficient (Wildman–Crippen LogP) is 5.75. The van der Waals surface area contributed by atoms with Crippen molar-refractivity contribution in [1.82, 2.24) is 0 Å². The first-order valence-electron chi connectivity index (χ1n) is 9.52. The summed E-state index contributed by atoms with van der Waals surface area (Å²) in [5, 5.41) is 1.48. The molecule has 30 heavy (non-hydrogen) atoms. The average molecular weight is 396 g/mol. The number of hydrogen-bond acceptors (Lipinski definition) is 4. The van der Waals surface area contributed by atoms with Crippen LogP contribution in [0.4, 0.5) is 0 Å². The zero-order valence-electron chi connectivity index (χ0n) is 16.7. The summed E-state index contributed by atoms with van der Waals surface area (Å²) in [6.45, 7) is 0. The van der Waals surface area contributed by atoms with Gasteiger partial charge in [0.15, 0.2) is 0 Å². The monoisotopic (exact) mass is 396 g/mol. The Labute approximate surface area is 174 Å². The molecule has 0 saturated carbocycles. The van der Waals surface area contributed by atoms with E-state index in [4.69, 9.17) is 9.47 Å². The van der Waals surface area contributed by atoms with E-state index in [-0.39, 0.29) is 0 Å². The summed E-state index contributed by atoms with van der Waals surface area (Å²) in [7, 11) is 2.72. The number of esters is 2. The number of carbonyl (C=O) groups excluding carboxylic acids is 2. The van der Waals surface area contributed by atoms with Gasteiger partial charge in [-0.3, -0.25) is 0 Å². The van der Waals surface area contributed by atoms with Crippen molar-refractivity contribution in [2.75, 3.05) is 14.2 Å². The van der Waals surface area contributed by atoms with E-state index >= 15 is 0 Å². The summed E-state index contributed by atoms with van der Waals surface area (Å²) in [5.41, 5.74) is 4.45. The standard InChI is InChI=1S/C26H20O4/c1-29-25(27)19-13-14-21-20(15-19)16-22(17-9-5-3-6-10-17)23(24(21)26(28)30-2)18-11-7-4-8-12-18/h3-16H,1-2H3. The molecule has 4 rings (SSSR count). The van der Waals surface area contributed by atoms with E-state index in [2.05, 4.69) is 0 Å². The smallest absolute Gasteiger partial charge is 0.339 e. The molecule has 4 heteroatoms. The minimum absolute atomic E-state index is 0.423. The second kappa shape index (κ2) is 8.21. The molecule has 0 unspecified atom stereocenters. The second-order valence-corrected chi connectivity index (χ2v) is 6.83. The van der Waals surface area contributed by atoms with E-state index in [0.717, 1.165) is 27.6 Å². The highest BCUT2D eigenvalue weighted by Crippen LogP contribution is 2.40. The molecule has 0 atom stereocenters. The third-order valence-corrected chi connectivity index (χ3v) is 5.10. The summed E-state index contributed by atoms with van der Waals surface area (Å²) in [6, 6.07) is 26.8. The van der Waals surface area contributed by atoms with Gasteiger partial charge >= 0.3 is 11.9 Å². The van der Waals surface area contributed by atoms with Gasteiger partial charge in [-0.15, -0.1) is 0 Å². The zero-order chi connectivity index (χ0) is 21.1. The van der Waals surface area contributed by atoms with Crippen molar-refractivity contribution in [2.45, 2.75) is 0 Å². The zero-order valence-corrected chi connectivity index (χ0v) is 16.7. The fourth-order valence-corrected chi connectivity index (χ4v) is 3.72. The number of fused-ring (bicyclic) bond motifs is 1. The van der Waals surface area contributed by atoms with Crippen LogP contribution in [0, 0.1) is 0 Å². The largest absolute Gasteiger partial charge is 0.465 e. The minimum Gasteiger partial charge on any atom is -0.465 e. The van der Waals surface area contributed by atoms with E-state index in [1.807, 2.05) is 66.7 Å². The molecular weight excluding hydrogens is 376 g/mol. The molecule has 4 aromatic carbocycles. The lowest BCUT2D eigenvalue weighted by Gasteiger charge is -2.18. The second-order valence-electron chi connectivity index (χ2n) is 6.83. The molecule has 0 spiro atoms. The SMILES string of the molecule is COC(=O)c1ccc2c(C(=O)OC)c(-c3ccccc3)c(-c3ccccc3)cc2c1. The van der Waals surface area contributed by atoms with Gasteiger partial charge in [0.05, 0.1) is 25.3 Å². The molecule has 0 aromatic heterocycles. The number of rotatable bonds is 4. The van der Waals surface area contributed by atoms with Gasteiger partial charge in [-0.2, -0.15) is 0 Å². The van der Waals surface area contributed by atoms with Crippen molar-refractivity contribution in [2.24, 2.45) is 0 Å². The molecule has 0 amide bonds. The first kappa shape index (κ1) is 19.4. The molecule has 0 heterocycles. The van der Waals surface area contributed by atoms with Crippen LogP contribution in [0.25, 0.3) is 33.0 Å². The molecule has 0 bridgehead atoms. The molecule has 0 N–H and O–H groups in total. The lowest BCUT2D eigenvalue weighted by atomic mass is 9.86. The van der Waals surface area contributed by atoms with Gasteiger partial charge in [-0.05, 0) is 45.7 Å². The Hall–Kier alpha value is -3.92. The molecule has 0 aliphatic rings. The summed E-state index contributed by atoms with van der Waals surface area (Å²) >= 11 is 0. The van der Waals surface area contributed by atoms with Gasteiger partial charge in [-0.1, -0.05) is 66.7 Å². The normalized spacial score (nSPS) is 10.6. The summed E-state index contributed by atoms with van der Waals surface area (Å²) < 4.78 is 10.0. The summed E-state index contributed by atoms with van der Waals surface area (Å²) in [4.78, 5) is 25.0. The van der Waals surface area contributed by atoms with Crippen LogP contribution in [0.15, 0.2) is 84.9 Å². The van der Waals surface area contributed by atoms with Gasteiger partial charge < -0.3 is 9.47 Å². The van der Waals surface area contributed by atoms with Crippen LogP contribution in [0.2, 0.25) is 0 Å². The van der Waals surface area contributed by atoms with Crippen LogP contribution in [-0.4, -0.2) is 26.2 Å². The van der Waals surface area contributed by atoms with Crippen molar-refractivity contribution in [3.05, 3.63) is 96.1 Å². The van der Waals surface area contributed by atoms with Gasteiger partial charge in [0.1, 0.15) is 0 Å².